The Labute approximate surface area is 121 Å². The molecule has 104 valence electrons. The quantitative estimate of drug-likeness (QED) is 0.711. The van der Waals surface area contributed by atoms with Crippen LogP contribution in [0, 0.1) is 5.82 Å². The number of thiazole rings is 1. The number of aromatic nitrogens is 1. The van der Waals surface area contributed by atoms with Crippen molar-refractivity contribution in [1.29, 1.82) is 0 Å². The average molecular weight is 298 g/mol. The topological polar surface area (TPSA) is 24.9 Å². The first kappa shape index (κ1) is 14.6. The SMILES string of the molecule is CSCCCCCCNc1nc2ccc(F)cc2s1. The van der Waals surface area contributed by atoms with E-state index >= 15 is 0 Å². The molecule has 0 fully saturated rings. The van der Waals surface area contributed by atoms with Crippen LogP contribution >= 0.6 is 23.1 Å². The minimum Gasteiger partial charge on any atom is -0.361 e. The highest BCUT2D eigenvalue weighted by atomic mass is 32.2. The van der Waals surface area contributed by atoms with Crippen LogP contribution in [0.3, 0.4) is 0 Å². The third-order valence-electron chi connectivity index (χ3n) is 2.90. The van der Waals surface area contributed by atoms with Gasteiger partial charge in [0.05, 0.1) is 10.2 Å². The van der Waals surface area contributed by atoms with Crippen LogP contribution in [0.1, 0.15) is 25.7 Å². The highest BCUT2D eigenvalue weighted by molar-refractivity contribution is 7.98. The van der Waals surface area contributed by atoms with Gasteiger partial charge in [0.2, 0.25) is 0 Å². The second-order valence-electron chi connectivity index (χ2n) is 4.46. The predicted octanol–water partition coefficient (Wildman–Crippen LogP) is 4.77. The summed E-state index contributed by atoms with van der Waals surface area (Å²) in [5.41, 5.74) is 0.869. The first-order valence-electron chi connectivity index (χ1n) is 6.58. The van der Waals surface area contributed by atoms with Crippen molar-refractivity contribution in [3.63, 3.8) is 0 Å². The highest BCUT2D eigenvalue weighted by Gasteiger charge is 2.03. The number of anilines is 1. The van der Waals surface area contributed by atoms with Gasteiger partial charge in [0.15, 0.2) is 5.13 Å². The Morgan fingerprint density at radius 2 is 2.11 bits per heavy atom. The molecule has 19 heavy (non-hydrogen) atoms. The first-order chi connectivity index (χ1) is 9.29. The summed E-state index contributed by atoms with van der Waals surface area (Å²) in [6, 6.07) is 4.73. The summed E-state index contributed by atoms with van der Waals surface area (Å²) >= 11 is 3.43. The molecule has 0 spiro atoms. The minimum absolute atomic E-state index is 0.198. The van der Waals surface area contributed by atoms with Crippen LogP contribution in [0.2, 0.25) is 0 Å². The van der Waals surface area contributed by atoms with E-state index in [1.54, 1.807) is 12.1 Å². The molecule has 0 atom stereocenters. The first-order valence-corrected chi connectivity index (χ1v) is 8.79. The van der Waals surface area contributed by atoms with E-state index in [1.165, 1.54) is 48.8 Å². The van der Waals surface area contributed by atoms with Gasteiger partial charge in [-0.05, 0) is 43.0 Å². The van der Waals surface area contributed by atoms with Crippen molar-refractivity contribution in [3.8, 4) is 0 Å². The number of nitrogens with one attached hydrogen (secondary N) is 1. The number of hydrogen-bond acceptors (Lipinski definition) is 4. The molecule has 0 aliphatic rings. The van der Waals surface area contributed by atoms with Gasteiger partial charge in [-0.1, -0.05) is 24.2 Å². The molecule has 0 bridgehead atoms. The van der Waals surface area contributed by atoms with Gasteiger partial charge in [0.25, 0.3) is 0 Å². The summed E-state index contributed by atoms with van der Waals surface area (Å²) in [7, 11) is 0. The predicted molar refractivity (Wildman–Crippen MR) is 84.9 cm³/mol. The zero-order valence-electron chi connectivity index (χ0n) is 11.1. The van der Waals surface area contributed by atoms with Gasteiger partial charge in [-0.3, -0.25) is 0 Å². The number of hydrogen-bond donors (Lipinski definition) is 1. The number of unbranched alkanes of at least 4 members (excludes halogenated alkanes) is 3. The molecular formula is C14H19FN2S2. The fourth-order valence-corrected chi connectivity index (χ4v) is 3.30. The van der Waals surface area contributed by atoms with E-state index in [0.29, 0.717) is 0 Å². The van der Waals surface area contributed by atoms with E-state index in [9.17, 15) is 4.39 Å². The van der Waals surface area contributed by atoms with Crippen LogP contribution in [0.25, 0.3) is 10.2 Å². The number of rotatable bonds is 8. The second-order valence-corrected chi connectivity index (χ2v) is 6.48. The maximum atomic E-state index is 13.1. The van der Waals surface area contributed by atoms with Gasteiger partial charge >= 0.3 is 0 Å². The van der Waals surface area contributed by atoms with E-state index < -0.39 is 0 Å². The van der Waals surface area contributed by atoms with Gasteiger partial charge in [-0.15, -0.1) is 0 Å². The lowest BCUT2D eigenvalue weighted by atomic mass is 10.2. The molecule has 0 aliphatic heterocycles. The van der Waals surface area contributed by atoms with E-state index in [2.05, 4.69) is 16.6 Å². The van der Waals surface area contributed by atoms with Crippen LogP contribution in [-0.4, -0.2) is 23.5 Å². The van der Waals surface area contributed by atoms with Gasteiger partial charge in [-0.25, -0.2) is 9.37 Å². The summed E-state index contributed by atoms with van der Waals surface area (Å²) < 4.78 is 14.0. The van der Waals surface area contributed by atoms with Gasteiger partial charge < -0.3 is 5.32 Å². The molecule has 2 nitrogen and oxygen atoms in total. The Morgan fingerprint density at radius 1 is 1.26 bits per heavy atom. The maximum Gasteiger partial charge on any atom is 0.183 e. The lowest BCUT2D eigenvalue weighted by Gasteiger charge is -2.02. The zero-order chi connectivity index (χ0) is 13.5. The number of fused-ring (bicyclic) bond motifs is 1. The number of thioether (sulfide) groups is 1. The molecule has 1 aromatic heterocycles. The third-order valence-corrected chi connectivity index (χ3v) is 4.57. The highest BCUT2D eigenvalue weighted by Crippen LogP contribution is 2.26. The molecule has 0 amide bonds. The second kappa shape index (κ2) is 7.70. The summed E-state index contributed by atoms with van der Waals surface area (Å²) in [5.74, 6) is 1.06. The Bertz CT molecular complexity index is 513. The van der Waals surface area contributed by atoms with E-state index in [-0.39, 0.29) is 5.82 Å². The third kappa shape index (κ3) is 4.66. The van der Waals surface area contributed by atoms with E-state index in [0.717, 1.165) is 21.9 Å². The van der Waals surface area contributed by atoms with Crippen molar-refractivity contribution in [2.45, 2.75) is 25.7 Å². The standard InChI is InChI=1S/C14H19FN2S2/c1-18-9-5-3-2-4-8-16-14-17-12-7-6-11(15)10-13(12)19-14/h6-7,10H,2-5,8-9H2,1H3,(H,16,17). The van der Waals surface area contributed by atoms with Gasteiger partial charge in [0.1, 0.15) is 5.82 Å². The molecule has 0 saturated carbocycles. The lowest BCUT2D eigenvalue weighted by molar-refractivity contribution is 0.630. The minimum atomic E-state index is -0.198. The van der Waals surface area contributed by atoms with Gasteiger partial charge in [0, 0.05) is 6.54 Å². The Morgan fingerprint density at radius 3 is 2.95 bits per heavy atom. The fraction of sp³-hybridized carbons (Fsp3) is 0.500. The molecule has 2 aromatic rings. The van der Waals surface area contributed by atoms with Crippen molar-refractivity contribution in [2.75, 3.05) is 23.9 Å². The van der Waals surface area contributed by atoms with Crippen molar-refractivity contribution in [1.82, 2.24) is 4.98 Å². The summed E-state index contributed by atoms with van der Waals surface area (Å²) in [6.45, 7) is 0.946. The lowest BCUT2D eigenvalue weighted by Crippen LogP contribution is -2.00. The van der Waals surface area contributed by atoms with Crippen molar-refractivity contribution < 1.29 is 4.39 Å². The summed E-state index contributed by atoms with van der Waals surface area (Å²) in [6.07, 6.45) is 7.18. The molecule has 0 radical (unpaired) electrons. The van der Waals surface area contributed by atoms with E-state index in [4.69, 9.17) is 0 Å². The molecule has 0 aliphatic carbocycles. The molecule has 0 saturated heterocycles. The molecule has 2 rings (SSSR count). The number of halogens is 1. The van der Waals surface area contributed by atoms with Crippen molar-refractivity contribution >= 4 is 38.4 Å². The van der Waals surface area contributed by atoms with Crippen LogP contribution in [0.4, 0.5) is 9.52 Å². The number of nitrogens with zero attached hydrogens (tertiary/aromatic N) is 1. The van der Waals surface area contributed by atoms with Crippen molar-refractivity contribution in [3.05, 3.63) is 24.0 Å². The molecule has 1 aromatic carbocycles. The van der Waals surface area contributed by atoms with Crippen LogP contribution < -0.4 is 5.32 Å². The van der Waals surface area contributed by atoms with Crippen molar-refractivity contribution in [2.24, 2.45) is 0 Å². The summed E-state index contributed by atoms with van der Waals surface area (Å²) in [4.78, 5) is 4.44. The largest absolute Gasteiger partial charge is 0.361 e. The molecule has 0 unspecified atom stereocenters. The molecular weight excluding hydrogens is 279 g/mol. The van der Waals surface area contributed by atoms with Crippen LogP contribution in [0.5, 0.6) is 0 Å². The zero-order valence-corrected chi connectivity index (χ0v) is 12.7. The molecule has 1 N–H and O–H groups in total. The smallest absolute Gasteiger partial charge is 0.183 e. The fourth-order valence-electron chi connectivity index (χ4n) is 1.89. The van der Waals surface area contributed by atoms with Crippen LogP contribution in [-0.2, 0) is 0 Å². The number of benzene rings is 1. The summed E-state index contributed by atoms with van der Waals surface area (Å²) in [5, 5.41) is 4.22. The maximum absolute atomic E-state index is 13.1. The van der Waals surface area contributed by atoms with Crippen LogP contribution in [0.15, 0.2) is 18.2 Å². The monoisotopic (exact) mass is 298 g/mol. The Hall–Kier alpha value is -0.810. The molecule has 5 heteroatoms. The normalized spacial score (nSPS) is 11.1. The van der Waals surface area contributed by atoms with Gasteiger partial charge in [-0.2, -0.15) is 11.8 Å². The average Bonchev–Trinajstić information content (AvgIpc) is 2.79. The Balaban J connectivity index is 1.72. The van der Waals surface area contributed by atoms with E-state index in [1.807, 2.05) is 11.8 Å². The Kier molecular flexibility index (Phi) is 5.92. The molecule has 1 heterocycles.